The summed E-state index contributed by atoms with van der Waals surface area (Å²) in [5.41, 5.74) is 0.478. The maximum Gasteiger partial charge on any atom is 0.547 e. The third-order valence-electron chi connectivity index (χ3n) is 4.41. The van der Waals surface area contributed by atoms with Crippen molar-refractivity contribution >= 4 is 25.0 Å². The number of hydrogen-bond donors (Lipinski definition) is 2. The molecular formula is C19H23BF3NO7. The molecule has 0 bridgehead atoms. The Balaban J connectivity index is 1.96. The number of halogens is 3. The van der Waals surface area contributed by atoms with E-state index in [1.165, 1.54) is 6.07 Å². The molecule has 8 nitrogen and oxygen atoms in total. The van der Waals surface area contributed by atoms with E-state index in [0.717, 1.165) is 0 Å². The molecule has 1 amide bonds. The fraction of sp³-hybridized carbons (Fsp3) is 0.526. The quantitative estimate of drug-likeness (QED) is 0.359. The first kappa shape index (κ1) is 24.5. The van der Waals surface area contributed by atoms with E-state index in [1.807, 2.05) is 0 Å². The Morgan fingerprint density at radius 3 is 2.65 bits per heavy atom. The number of benzene rings is 1. The highest BCUT2D eigenvalue weighted by Gasteiger charge is 2.38. The fourth-order valence-corrected chi connectivity index (χ4v) is 2.82. The number of rotatable bonds is 8. The van der Waals surface area contributed by atoms with Gasteiger partial charge in [-0.3, -0.25) is 9.59 Å². The molecule has 1 aliphatic heterocycles. The van der Waals surface area contributed by atoms with Crippen molar-refractivity contribution in [2.24, 2.45) is 5.92 Å². The molecule has 0 fully saturated rings. The molecule has 1 atom stereocenters. The Morgan fingerprint density at radius 2 is 2.00 bits per heavy atom. The molecule has 31 heavy (non-hydrogen) atoms. The van der Waals surface area contributed by atoms with Crippen LogP contribution in [0.2, 0.25) is 0 Å². The number of ether oxygens (including phenoxy) is 2. The molecule has 2 rings (SSSR count). The minimum Gasteiger partial charge on any atom is -0.534 e. The van der Waals surface area contributed by atoms with E-state index in [-0.39, 0.29) is 36.5 Å². The van der Waals surface area contributed by atoms with Gasteiger partial charge in [-0.05, 0) is 24.5 Å². The summed E-state index contributed by atoms with van der Waals surface area (Å²) >= 11 is 0. The van der Waals surface area contributed by atoms with E-state index in [0.29, 0.717) is 5.56 Å². The zero-order chi connectivity index (χ0) is 23.2. The molecule has 1 aromatic carbocycles. The Bertz CT molecular complexity index is 816. The molecular weight excluding hydrogens is 422 g/mol. The predicted octanol–water partition coefficient (Wildman–Crippen LogP) is 2.17. The number of hydrogen-bond acceptors (Lipinski definition) is 7. The third-order valence-corrected chi connectivity index (χ3v) is 4.41. The average Bonchev–Trinajstić information content (AvgIpc) is 2.66. The van der Waals surface area contributed by atoms with Crippen molar-refractivity contribution in [1.82, 2.24) is 5.32 Å². The molecule has 0 saturated heterocycles. The van der Waals surface area contributed by atoms with Gasteiger partial charge in [0.1, 0.15) is 11.3 Å². The topological polar surface area (TPSA) is 111 Å². The molecule has 12 heteroatoms. The molecule has 0 unspecified atom stereocenters. The zero-order valence-corrected chi connectivity index (χ0v) is 17.0. The van der Waals surface area contributed by atoms with Crippen molar-refractivity contribution in [1.29, 1.82) is 0 Å². The summed E-state index contributed by atoms with van der Waals surface area (Å²) in [7, 11) is -1.52. The van der Waals surface area contributed by atoms with Crippen molar-refractivity contribution in [3.63, 3.8) is 0 Å². The number of carbonyl (C=O) groups is 3. The van der Waals surface area contributed by atoms with E-state index in [4.69, 9.17) is 14.1 Å². The van der Waals surface area contributed by atoms with Crippen LogP contribution in [0.1, 0.15) is 49.0 Å². The maximum atomic E-state index is 12.3. The van der Waals surface area contributed by atoms with Crippen molar-refractivity contribution in [2.75, 3.05) is 6.79 Å². The van der Waals surface area contributed by atoms with Crippen LogP contribution in [0.3, 0.4) is 0 Å². The van der Waals surface area contributed by atoms with E-state index in [2.05, 4.69) is 5.32 Å². The van der Waals surface area contributed by atoms with Crippen molar-refractivity contribution in [3.8, 4) is 5.75 Å². The monoisotopic (exact) mass is 445 g/mol. The SMILES string of the molecule is CC(C)C(=O)OCOC(=O)c1cccc2c1OB(O)[C@@H](NC(=O)CCCC(F)(F)F)C2. The molecule has 170 valence electrons. The molecule has 1 aliphatic rings. The van der Waals surface area contributed by atoms with Gasteiger partial charge in [0.15, 0.2) is 0 Å². The maximum absolute atomic E-state index is 12.3. The lowest BCUT2D eigenvalue weighted by atomic mass is 9.72. The highest BCUT2D eigenvalue weighted by Crippen LogP contribution is 2.31. The van der Waals surface area contributed by atoms with Crippen molar-refractivity contribution < 1.29 is 46.7 Å². The summed E-state index contributed by atoms with van der Waals surface area (Å²) in [6.07, 6.45) is -6.05. The van der Waals surface area contributed by atoms with E-state index in [1.54, 1.807) is 26.0 Å². The van der Waals surface area contributed by atoms with Gasteiger partial charge < -0.3 is 24.5 Å². The number of amides is 1. The van der Waals surface area contributed by atoms with Crippen LogP contribution in [0, 0.1) is 5.92 Å². The number of para-hydroxylation sites is 1. The van der Waals surface area contributed by atoms with E-state index in [9.17, 15) is 32.6 Å². The lowest BCUT2D eigenvalue weighted by Crippen LogP contribution is -2.53. The van der Waals surface area contributed by atoms with E-state index < -0.39 is 50.3 Å². The fourth-order valence-electron chi connectivity index (χ4n) is 2.82. The Kier molecular flexibility index (Phi) is 8.32. The second-order valence-corrected chi connectivity index (χ2v) is 7.32. The molecule has 0 aliphatic carbocycles. The summed E-state index contributed by atoms with van der Waals surface area (Å²) in [6, 6.07) is 4.55. The Hall–Kier alpha value is -2.76. The van der Waals surface area contributed by atoms with Gasteiger partial charge in [0.2, 0.25) is 12.7 Å². The van der Waals surface area contributed by atoms with Crippen LogP contribution in [0.15, 0.2) is 18.2 Å². The van der Waals surface area contributed by atoms with Crippen LogP contribution in [0.5, 0.6) is 5.75 Å². The third kappa shape index (κ3) is 7.46. The second kappa shape index (κ2) is 10.5. The van der Waals surface area contributed by atoms with Crippen LogP contribution in [-0.4, -0.2) is 48.9 Å². The summed E-state index contributed by atoms with van der Waals surface area (Å²) in [5, 5.41) is 12.6. The Morgan fingerprint density at radius 1 is 1.29 bits per heavy atom. The smallest absolute Gasteiger partial charge is 0.534 e. The second-order valence-electron chi connectivity index (χ2n) is 7.32. The van der Waals surface area contributed by atoms with Crippen LogP contribution in [0.25, 0.3) is 0 Å². The first-order valence-corrected chi connectivity index (χ1v) is 9.64. The summed E-state index contributed by atoms with van der Waals surface area (Å²) in [6.45, 7) is 2.66. The van der Waals surface area contributed by atoms with Gasteiger partial charge in [0, 0.05) is 12.8 Å². The first-order valence-electron chi connectivity index (χ1n) is 9.64. The van der Waals surface area contributed by atoms with Crippen LogP contribution >= 0.6 is 0 Å². The summed E-state index contributed by atoms with van der Waals surface area (Å²) in [4.78, 5) is 35.6. The minimum absolute atomic E-state index is 0.00732. The highest BCUT2D eigenvalue weighted by atomic mass is 19.4. The number of carbonyl (C=O) groups excluding carboxylic acids is 3. The molecule has 2 N–H and O–H groups in total. The van der Waals surface area contributed by atoms with Crippen LogP contribution in [-0.2, 0) is 25.5 Å². The number of nitrogens with one attached hydrogen (secondary N) is 1. The lowest BCUT2D eigenvalue weighted by molar-refractivity contribution is -0.156. The molecule has 0 aromatic heterocycles. The zero-order valence-electron chi connectivity index (χ0n) is 17.0. The number of alkyl halides is 3. The van der Waals surface area contributed by atoms with Gasteiger partial charge >= 0.3 is 25.2 Å². The van der Waals surface area contributed by atoms with Gasteiger partial charge in [-0.1, -0.05) is 26.0 Å². The summed E-state index contributed by atoms with van der Waals surface area (Å²) < 4.78 is 51.6. The van der Waals surface area contributed by atoms with Gasteiger partial charge in [-0.25, -0.2) is 4.79 Å². The van der Waals surface area contributed by atoms with Gasteiger partial charge in [-0.2, -0.15) is 13.2 Å². The van der Waals surface area contributed by atoms with Crippen molar-refractivity contribution in [3.05, 3.63) is 29.3 Å². The van der Waals surface area contributed by atoms with Crippen LogP contribution < -0.4 is 9.97 Å². The Labute approximate surface area is 177 Å². The van der Waals surface area contributed by atoms with E-state index >= 15 is 0 Å². The number of fused-ring (bicyclic) bond motifs is 1. The normalized spacial score (nSPS) is 15.7. The average molecular weight is 445 g/mol. The number of esters is 2. The largest absolute Gasteiger partial charge is 0.547 e. The predicted molar refractivity (Wildman–Crippen MR) is 102 cm³/mol. The van der Waals surface area contributed by atoms with Crippen LogP contribution in [0.4, 0.5) is 13.2 Å². The molecule has 1 aromatic rings. The highest BCUT2D eigenvalue weighted by molar-refractivity contribution is 6.47. The van der Waals surface area contributed by atoms with Crippen molar-refractivity contribution in [2.45, 2.75) is 51.6 Å². The summed E-state index contributed by atoms with van der Waals surface area (Å²) in [5.74, 6) is -3.26. The van der Waals surface area contributed by atoms with Gasteiger partial charge in [-0.15, -0.1) is 0 Å². The molecule has 0 radical (unpaired) electrons. The molecule has 0 saturated carbocycles. The molecule has 1 heterocycles. The van der Waals surface area contributed by atoms with Gasteiger partial charge in [0.05, 0.1) is 11.9 Å². The lowest BCUT2D eigenvalue weighted by Gasteiger charge is -2.29. The van der Waals surface area contributed by atoms with Gasteiger partial charge in [0.25, 0.3) is 0 Å². The first-order chi connectivity index (χ1) is 14.5. The minimum atomic E-state index is -4.34. The standard InChI is InChI=1S/C19H23BF3NO7/c1-11(2)17(26)29-10-30-18(27)13-6-3-5-12-9-14(20(28)31-16(12)13)24-15(25)7-4-8-19(21,22)23/h3,5-6,11,14,28H,4,7-10H2,1-2H3,(H,24,25)/t14-/m0/s1. The molecule has 0 spiro atoms.